The number of aromatic nitrogens is 2. The molecule has 3 aromatic rings. The van der Waals surface area contributed by atoms with Crippen LogP contribution in [0.15, 0.2) is 46.0 Å². The van der Waals surface area contributed by atoms with Gasteiger partial charge in [0.15, 0.2) is 5.78 Å². The second-order valence-electron chi connectivity index (χ2n) is 7.61. The molecule has 0 unspecified atom stereocenters. The summed E-state index contributed by atoms with van der Waals surface area (Å²) >= 11 is 0. The summed E-state index contributed by atoms with van der Waals surface area (Å²) in [5.41, 5.74) is -0.362. The van der Waals surface area contributed by atoms with Gasteiger partial charge in [0.05, 0.1) is 16.0 Å². The van der Waals surface area contributed by atoms with Crippen LogP contribution < -0.4 is 11.1 Å². The molecule has 2 heterocycles. The first kappa shape index (κ1) is 20.6. The summed E-state index contributed by atoms with van der Waals surface area (Å²) in [6.45, 7) is 1.47. The molecule has 1 fully saturated rings. The number of carbonyl (C=O) groups is 1. The highest BCUT2D eigenvalue weighted by atomic mass is 19.1. The number of non-ortho nitro benzene ring substituents is 1. The Morgan fingerprint density at radius 3 is 2.39 bits per heavy atom. The second kappa shape index (κ2) is 8.23. The molecule has 2 aromatic carbocycles. The maximum atomic E-state index is 13.1. The Bertz CT molecular complexity index is 1270. The van der Waals surface area contributed by atoms with Crippen molar-refractivity contribution in [3.63, 3.8) is 0 Å². The molecule has 0 bridgehead atoms. The fraction of sp³-hybridized carbons (Fsp3) is 0.286. The van der Waals surface area contributed by atoms with Crippen molar-refractivity contribution in [2.45, 2.75) is 19.4 Å². The number of ketones is 1. The number of halogens is 1. The number of nitro groups is 1. The van der Waals surface area contributed by atoms with E-state index in [0.29, 0.717) is 49.1 Å². The summed E-state index contributed by atoms with van der Waals surface area (Å²) < 4.78 is 13.1. The predicted molar refractivity (Wildman–Crippen MR) is 111 cm³/mol. The summed E-state index contributed by atoms with van der Waals surface area (Å²) in [6.07, 6.45) is 1.19. The molecule has 4 rings (SSSR count). The molecule has 0 radical (unpaired) electrons. The van der Waals surface area contributed by atoms with Gasteiger partial charge in [-0.25, -0.2) is 4.39 Å². The Morgan fingerprint density at radius 2 is 1.74 bits per heavy atom. The molecular weight excluding hydrogens is 407 g/mol. The quantitative estimate of drug-likeness (QED) is 0.279. The fourth-order valence-electron chi connectivity index (χ4n) is 3.96. The fourth-order valence-corrected chi connectivity index (χ4v) is 3.96. The van der Waals surface area contributed by atoms with E-state index in [1.807, 2.05) is 4.90 Å². The first-order valence-electron chi connectivity index (χ1n) is 9.77. The van der Waals surface area contributed by atoms with Gasteiger partial charge in [-0.2, -0.15) is 0 Å². The summed E-state index contributed by atoms with van der Waals surface area (Å²) in [5, 5.41) is 11.3. The van der Waals surface area contributed by atoms with E-state index in [2.05, 4.69) is 9.97 Å². The number of nitrogens with zero attached hydrogens (tertiary/aromatic N) is 2. The van der Waals surface area contributed by atoms with Crippen molar-refractivity contribution in [1.29, 1.82) is 0 Å². The molecule has 31 heavy (non-hydrogen) atoms. The monoisotopic (exact) mass is 426 g/mol. The Morgan fingerprint density at radius 1 is 1.10 bits per heavy atom. The lowest BCUT2D eigenvalue weighted by Crippen LogP contribution is -2.36. The number of piperidine rings is 1. The SMILES string of the molecule is O=C(c1ccc(F)cc1)C1CCN(Cc2cc([N+](=O)[O-])cc3[nH]c(=O)c(=O)[nH]c23)CC1. The number of hydrogen-bond donors (Lipinski definition) is 2. The smallest absolute Gasteiger partial charge is 0.314 e. The zero-order chi connectivity index (χ0) is 22.1. The number of likely N-dealkylation sites (tertiary alicyclic amines) is 1. The van der Waals surface area contributed by atoms with Crippen LogP contribution in [0.4, 0.5) is 10.1 Å². The molecule has 0 spiro atoms. The van der Waals surface area contributed by atoms with Crippen molar-refractivity contribution in [2.75, 3.05) is 13.1 Å². The number of nitro benzene ring substituents is 1. The van der Waals surface area contributed by atoms with Gasteiger partial charge in [0.25, 0.3) is 5.69 Å². The minimum absolute atomic E-state index is 0.0256. The van der Waals surface area contributed by atoms with Gasteiger partial charge in [0, 0.05) is 30.2 Å². The van der Waals surface area contributed by atoms with E-state index in [1.165, 1.54) is 36.4 Å². The van der Waals surface area contributed by atoms with Gasteiger partial charge in [0.1, 0.15) is 5.82 Å². The number of benzene rings is 2. The van der Waals surface area contributed by atoms with E-state index < -0.39 is 21.9 Å². The Kier molecular flexibility index (Phi) is 5.47. The van der Waals surface area contributed by atoms with Crippen LogP contribution >= 0.6 is 0 Å². The Hall–Kier alpha value is -3.66. The van der Waals surface area contributed by atoms with E-state index >= 15 is 0 Å². The molecule has 0 amide bonds. The molecule has 0 aliphatic carbocycles. The van der Waals surface area contributed by atoms with Crippen LogP contribution in [0, 0.1) is 21.8 Å². The van der Waals surface area contributed by atoms with Crippen molar-refractivity contribution in [1.82, 2.24) is 14.9 Å². The number of H-pyrrole nitrogens is 2. The topological polar surface area (TPSA) is 129 Å². The van der Waals surface area contributed by atoms with E-state index in [9.17, 15) is 28.9 Å². The highest BCUT2D eigenvalue weighted by molar-refractivity contribution is 5.97. The molecule has 2 N–H and O–H groups in total. The van der Waals surface area contributed by atoms with E-state index in [4.69, 9.17) is 0 Å². The number of hydrogen-bond acceptors (Lipinski definition) is 6. The average molecular weight is 426 g/mol. The van der Waals surface area contributed by atoms with Crippen molar-refractivity contribution >= 4 is 22.5 Å². The summed E-state index contributed by atoms with van der Waals surface area (Å²) in [5.74, 6) is -0.600. The number of fused-ring (bicyclic) bond motifs is 1. The maximum Gasteiger partial charge on any atom is 0.314 e. The number of nitrogens with one attached hydrogen (secondary N) is 2. The zero-order valence-corrected chi connectivity index (χ0v) is 16.4. The third kappa shape index (κ3) is 4.29. The van der Waals surface area contributed by atoms with Crippen LogP contribution in [0.5, 0.6) is 0 Å². The third-order valence-electron chi connectivity index (χ3n) is 5.59. The Labute approximate surface area is 174 Å². The number of rotatable bonds is 5. The molecule has 1 aliphatic heterocycles. The molecule has 0 saturated carbocycles. The van der Waals surface area contributed by atoms with Crippen LogP contribution in [0.25, 0.3) is 11.0 Å². The van der Waals surface area contributed by atoms with E-state index in [1.54, 1.807) is 0 Å². The third-order valence-corrected chi connectivity index (χ3v) is 5.59. The number of Topliss-reactive ketones (excluding diaryl/α,β-unsaturated/α-hetero) is 1. The number of carbonyl (C=O) groups excluding carboxylic acids is 1. The second-order valence-corrected chi connectivity index (χ2v) is 7.61. The highest BCUT2D eigenvalue weighted by Crippen LogP contribution is 2.26. The first-order chi connectivity index (χ1) is 14.8. The first-order valence-corrected chi connectivity index (χ1v) is 9.77. The number of aromatic amines is 2. The van der Waals surface area contributed by atoms with E-state index in [0.717, 1.165) is 0 Å². The molecule has 0 atom stereocenters. The highest BCUT2D eigenvalue weighted by Gasteiger charge is 2.26. The van der Waals surface area contributed by atoms with Crippen LogP contribution in [0.2, 0.25) is 0 Å². The molecule has 10 heteroatoms. The normalized spacial score (nSPS) is 15.3. The molecule has 1 aliphatic rings. The minimum Gasteiger partial charge on any atom is -0.316 e. The van der Waals surface area contributed by atoms with Crippen molar-refractivity contribution < 1.29 is 14.1 Å². The standard InChI is InChI=1S/C21H19FN4O5/c22-15-3-1-12(2-4-15)19(27)13-5-7-25(8-6-13)11-14-9-16(26(30)31)10-17-18(14)24-21(29)20(28)23-17/h1-4,9-10,13H,5-8,11H2,(H,23,28)(H,24,29). The van der Waals surface area contributed by atoms with Crippen molar-refractivity contribution in [3.8, 4) is 0 Å². The molecule has 160 valence electrons. The Balaban J connectivity index is 1.53. The van der Waals surface area contributed by atoms with Gasteiger partial charge in [-0.1, -0.05) is 0 Å². The lowest BCUT2D eigenvalue weighted by Gasteiger charge is -2.31. The molecular formula is C21H19FN4O5. The lowest BCUT2D eigenvalue weighted by molar-refractivity contribution is -0.384. The molecule has 1 aromatic heterocycles. The van der Waals surface area contributed by atoms with Gasteiger partial charge in [0.2, 0.25) is 0 Å². The average Bonchev–Trinajstić information content (AvgIpc) is 2.75. The predicted octanol–water partition coefficient (Wildman–Crippen LogP) is 2.36. The minimum atomic E-state index is -0.876. The van der Waals surface area contributed by atoms with Crippen molar-refractivity contribution in [2.24, 2.45) is 5.92 Å². The maximum absolute atomic E-state index is 13.1. The summed E-state index contributed by atoms with van der Waals surface area (Å²) in [7, 11) is 0. The summed E-state index contributed by atoms with van der Waals surface area (Å²) in [6, 6.07) is 8.09. The molecule has 1 saturated heterocycles. The summed E-state index contributed by atoms with van der Waals surface area (Å²) in [4.78, 5) is 53.7. The van der Waals surface area contributed by atoms with Crippen molar-refractivity contribution in [3.05, 3.63) is 84.2 Å². The van der Waals surface area contributed by atoms with Gasteiger partial charge < -0.3 is 9.97 Å². The van der Waals surface area contributed by atoms with Gasteiger partial charge in [-0.3, -0.25) is 29.4 Å². The van der Waals surface area contributed by atoms with Crippen LogP contribution in [-0.4, -0.2) is 38.7 Å². The van der Waals surface area contributed by atoms with Crippen LogP contribution in [0.3, 0.4) is 0 Å². The van der Waals surface area contributed by atoms with E-state index in [-0.39, 0.29) is 22.9 Å². The van der Waals surface area contributed by atoms with Gasteiger partial charge in [-0.15, -0.1) is 0 Å². The lowest BCUT2D eigenvalue weighted by atomic mass is 9.88. The zero-order valence-electron chi connectivity index (χ0n) is 16.4. The largest absolute Gasteiger partial charge is 0.316 e. The van der Waals surface area contributed by atoms with Gasteiger partial charge in [-0.05, 0) is 55.8 Å². The van der Waals surface area contributed by atoms with Gasteiger partial charge >= 0.3 is 11.1 Å². The van der Waals surface area contributed by atoms with Crippen LogP contribution in [-0.2, 0) is 6.54 Å². The molecule has 9 nitrogen and oxygen atoms in total. The van der Waals surface area contributed by atoms with Crippen LogP contribution in [0.1, 0.15) is 28.8 Å².